The predicted octanol–water partition coefficient (Wildman–Crippen LogP) is 4.43. The number of nitrogens with zero attached hydrogens (tertiary/aromatic N) is 2. The number of carbonyl (C=O) groups excluding carboxylic acids is 3. The minimum absolute atomic E-state index is 0.0295. The smallest absolute Gasteiger partial charge is 0.354 e. The first-order chi connectivity index (χ1) is 17.7. The van der Waals surface area contributed by atoms with E-state index in [0.29, 0.717) is 24.1 Å². The average Bonchev–Trinajstić information content (AvgIpc) is 3.38. The second-order valence-electron chi connectivity index (χ2n) is 9.01. The van der Waals surface area contributed by atoms with Gasteiger partial charge in [-0.05, 0) is 31.4 Å². The number of rotatable bonds is 8. The zero-order valence-corrected chi connectivity index (χ0v) is 20.0. The number of halogens is 3. The number of alkyl halides is 3. The van der Waals surface area contributed by atoms with Gasteiger partial charge in [-0.3, -0.25) is 14.4 Å². The first kappa shape index (κ1) is 26.1. The maximum absolute atomic E-state index is 13.5. The molecule has 0 bridgehead atoms. The summed E-state index contributed by atoms with van der Waals surface area (Å²) in [6.07, 6.45) is -1.19. The van der Waals surface area contributed by atoms with Crippen LogP contribution in [-0.4, -0.2) is 40.5 Å². The molecule has 0 unspecified atom stereocenters. The lowest BCUT2D eigenvalue weighted by Gasteiger charge is -2.27. The van der Waals surface area contributed by atoms with Crippen LogP contribution >= 0.6 is 0 Å². The van der Waals surface area contributed by atoms with E-state index in [9.17, 15) is 27.6 Å². The van der Waals surface area contributed by atoms with Crippen molar-refractivity contribution >= 4 is 17.6 Å². The Morgan fingerprint density at radius 2 is 1.51 bits per heavy atom. The topological polar surface area (TPSA) is 93.1 Å². The fraction of sp³-hybridized carbons (Fsp3) is 0.333. The Bertz CT molecular complexity index is 1240. The van der Waals surface area contributed by atoms with Crippen LogP contribution in [0.2, 0.25) is 0 Å². The highest BCUT2D eigenvalue weighted by molar-refractivity contribution is 5.98. The number of ketones is 1. The van der Waals surface area contributed by atoms with Crippen LogP contribution in [0.4, 0.5) is 13.2 Å². The van der Waals surface area contributed by atoms with Crippen molar-refractivity contribution in [3.8, 4) is 5.69 Å². The molecule has 2 N–H and O–H groups in total. The summed E-state index contributed by atoms with van der Waals surface area (Å²) < 4.78 is 41.5. The average molecular weight is 513 g/mol. The molecule has 37 heavy (non-hydrogen) atoms. The fourth-order valence-corrected chi connectivity index (χ4v) is 4.57. The first-order valence-electron chi connectivity index (χ1n) is 12.1. The third-order valence-corrected chi connectivity index (χ3v) is 6.43. The second-order valence-corrected chi connectivity index (χ2v) is 9.01. The molecule has 0 aliphatic heterocycles. The van der Waals surface area contributed by atoms with Gasteiger partial charge in [-0.2, -0.15) is 18.3 Å². The molecule has 1 heterocycles. The number of carbonyl (C=O) groups is 3. The fourth-order valence-electron chi connectivity index (χ4n) is 4.57. The van der Waals surface area contributed by atoms with E-state index in [2.05, 4.69) is 15.7 Å². The van der Waals surface area contributed by atoms with E-state index in [1.165, 1.54) is 0 Å². The monoisotopic (exact) mass is 512 g/mol. The molecule has 10 heteroatoms. The quantitative estimate of drug-likeness (QED) is 0.345. The first-order valence-corrected chi connectivity index (χ1v) is 12.1. The lowest BCUT2D eigenvalue weighted by molar-refractivity contribution is -0.141. The molecule has 2 amide bonds. The molecule has 1 aliphatic rings. The second kappa shape index (κ2) is 11.4. The van der Waals surface area contributed by atoms with Crippen LogP contribution in [0.25, 0.3) is 5.69 Å². The Hall–Kier alpha value is -3.95. The summed E-state index contributed by atoms with van der Waals surface area (Å²) in [4.78, 5) is 38.0. The minimum Gasteiger partial charge on any atom is -0.354 e. The molecule has 1 aliphatic carbocycles. The molecule has 3 aromatic rings. The Kier molecular flexibility index (Phi) is 8.05. The van der Waals surface area contributed by atoms with E-state index >= 15 is 0 Å². The zero-order chi connectivity index (χ0) is 26.4. The van der Waals surface area contributed by atoms with Crippen molar-refractivity contribution in [2.24, 2.45) is 11.8 Å². The van der Waals surface area contributed by atoms with Gasteiger partial charge in [-0.15, -0.1) is 0 Å². The van der Waals surface area contributed by atoms with E-state index in [1.54, 1.807) is 54.6 Å². The van der Waals surface area contributed by atoms with Gasteiger partial charge in [0.15, 0.2) is 11.5 Å². The molecular formula is C27H27F3N4O3. The Morgan fingerprint density at radius 3 is 2.19 bits per heavy atom. The molecular weight excluding hydrogens is 485 g/mol. The van der Waals surface area contributed by atoms with E-state index in [1.807, 2.05) is 6.07 Å². The molecule has 4 rings (SSSR count). The normalized spacial score (nSPS) is 17.7. The van der Waals surface area contributed by atoms with Crippen molar-refractivity contribution in [1.82, 2.24) is 20.4 Å². The highest BCUT2D eigenvalue weighted by Crippen LogP contribution is 2.32. The van der Waals surface area contributed by atoms with E-state index in [-0.39, 0.29) is 36.6 Å². The highest BCUT2D eigenvalue weighted by atomic mass is 19.4. The van der Waals surface area contributed by atoms with E-state index < -0.39 is 23.3 Å². The Morgan fingerprint density at radius 1 is 0.892 bits per heavy atom. The highest BCUT2D eigenvalue weighted by Gasteiger charge is 2.39. The van der Waals surface area contributed by atoms with Crippen molar-refractivity contribution in [2.45, 2.75) is 31.9 Å². The van der Waals surface area contributed by atoms with Gasteiger partial charge in [0.1, 0.15) is 0 Å². The number of hydrogen-bond donors (Lipinski definition) is 2. The van der Waals surface area contributed by atoms with E-state index in [4.69, 9.17) is 0 Å². The predicted molar refractivity (Wildman–Crippen MR) is 130 cm³/mol. The molecule has 2 atom stereocenters. The summed E-state index contributed by atoms with van der Waals surface area (Å²) in [5.74, 6) is -1.69. The molecule has 0 saturated heterocycles. The third-order valence-electron chi connectivity index (χ3n) is 6.43. The summed E-state index contributed by atoms with van der Waals surface area (Å²) in [7, 11) is 0. The molecule has 194 valence electrons. The Balaban J connectivity index is 1.30. The Labute approximate surface area is 212 Å². The lowest BCUT2D eigenvalue weighted by Crippen LogP contribution is -2.39. The molecule has 0 spiro atoms. The van der Waals surface area contributed by atoms with Crippen LogP contribution in [0.5, 0.6) is 0 Å². The van der Waals surface area contributed by atoms with Crippen molar-refractivity contribution in [2.75, 3.05) is 13.1 Å². The van der Waals surface area contributed by atoms with Crippen molar-refractivity contribution < 1.29 is 27.6 Å². The number of amides is 2. The van der Waals surface area contributed by atoms with Crippen LogP contribution in [0.1, 0.15) is 52.1 Å². The van der Waals surface area contributed by atoms with Gasteiger partial charge in [0.2, 0.25) is 5.91 Å². The number of Topliss-reactive ketones (excluding diaryl/α,β-unsaturated/α-hetero) is 1. The molecule has 7 nitrogen and oxygen atoms in total. The molecule has 1 saturated carbocycles. The van der Waals surface area contributed by atoms with Crippen LogP contribution in [0.3, 0.4) is 0 Å². The van der Waals surface area contributed by atoms with Crippen molar-refractivity contribution in [1.29, 1.82) is 0 Å². The maximum atomic E-state index is 13.5. The standard InChI is InChI=1S/C27H27F3N4O3/c28-27(29,30)24-22(17-34(33-24)21-12-5-2-6-13-21)26(37)32-15-14-31-25(36)20-11-7-10-19(16-20)23(35)18-8-3-1-4-9-18/h1-6,8-9,12-13,17,19-20H,7,10-11,14-16H2,(H,31,36)(H,32,37)/t19-,20-/m1/s1. The number of benzene rings is 2. The summed E-state index contributed by atoms with van der Waals surface area (Å²) in [6, 6.07) is 17.2. The summed E-state index contributed by atoms with van der Waals surface area (Å²) in [5.41, 5.74) is -0.868. The zero-order valence-electron chi connectivity index (χ0n) is 20.0. The van der Waals surface area contributed by atoms with Gasteiger partial charge in [0, 0.05) is 36.7 Å². The molecule has 0 radical (unpaired) electrons. The van der Waals surface area contributed by atoms with Gasteiger partial charge in [-0.1, -0.05) is 55.0 Å². The largest absolute Gasteiger partial charge is 0.435 e. The van der Waals surface area contributed by atoms with Crippen molar-refractivity contribution in [3.05, 3.63) is 83.7 Å². The van der Waals surface area contributed by atoms with Crippen LogP contribution in [0, 0.1) is 11.8 Å². The summed E-state index contributed by atoms with van der Waals surface area (Å²) in [6.45, 7) is -0.00989. The number of para-hydroxylation sites is 1. The van der Waals surface area contributed by atoms with E-state index in [0.717, 1.165) is 23.7 Å². The van der Waals surface area contributed by atoms with Crippen molar-refractivity contribution in [3.63, 3.8) is 0 Å². The lowest BCUT2D eigenvalue weighted by atomic mass is 9.77. The third kappa shape index (κ3) is 6.44. The van der Waals surface area contributed by atoms with Crippen LogP contribution in [-0.2, 0) is 11.0 Å². The van der Waals surface area contributed by atoms with Gasteiger partial charge >= 0.3 is 6.18 Å². The number of nitrogens with one attached hydrogen (secondary N) is 2. The molecule has 1 fully saturated rings. The van der Waals surface area contributed by atoms with Gasteiger partial charge in [0.05, 0.1) is 11.3 Å². The SMILES string of the molecule is O=C(NCCNC(=O)[C@@H]1CCC[C@@H](C(=O)c2ccccc2)C1)c1cn(-c2ccccc2)nc1C(F)(F)F. The van der Waals surface area contributed by atoms with Gasteiger partial charge in [-0.25, -0.2) is 4.68 Å². The van der Waals surface area contributed by atoms with Crippen LogP contribution < -0.4 is 10.6 Å². The molecule has 1 aromatic heterocycles. The molecule has 2 aromatic carbocycles. The maximum Gasteiger partial charge on any atom is 0.435 e. The number of aromatic nitrogens is 2. The summed E-state index contributed by atoms with van der Waals surface area (Å²) in [5, 5.41) is 8.72. The number of hydrogen-bond acceptors (Lipinski definition) is 4. The summed E-state index contributed by atoms with van der Waals surface area (Å²) >= 11 is 0. The van der Waals surface area contributed by atoms with Gasteiger partial charge in [0.25, 0.3) is 5.91 Å². The van der Waals surface area contributed by atoms with Gasteiger partial charge < -0.3 is 10.6 Å². The minimum atomic E-state index is -4.81. The van der Waals surface area contributed by atoms with Crippen LogP contribution in [0.15, 0.2) is 66.9 Å².